The number of para-hydroxylation sites is 1. The predicted octanol–water partition coefficient (Wildman–Crippen LogP) is 11.5. The maximum Gasteiger partial charge on any atom is 0.160 e. The highest BCUT2D eigenvalue weighted by Crippen LogP contribution is 2.62. The molecule has 2 nitrogen and oxygen atoms in total. The van der Waals surface area contributed by atoms with E-state index in [2.05, 4.69) is 158 Å². The van der Waals surface area contributed by atoms with Gasteiger partial charge in [0.25, 0.3) is 0 Å². The predicted molar refractivity (Wildman–Crippen MR) is 197 cm³/mol. The van der Waals surface area contributed by atoms with Crippen LogP contribution in [0.25, 0.3) is 55.8 Å². The number of aromatic nitrogens is 2. The lowest BCUT2D eigenvalue weighted by Gasteiger charge is -2.39. The van der Waals surface area contributed by atoms with Crippen molar-refractivity contribution in [3.8, 4) is 44.9 Å². The van der Waals surface area contributed by atoms with Crippen LogP contribution in [-0.2, 0) is 5.41 Å². The lowest BCUT2D eigenvalue weighted by Crippen LogP contribution is -2.31. The fourth-order valence-electron chi connectivity index (χ4n) is 7.87. The third-order valence-corrected chi connectivity index (χ3v) is 11.1. The lowest BCUT2D eigenvalue weighted by molar-refractivity contribution is 0.722. The Hall–Kier alpha value is -5.77. The van der Waals surface area contributed by atoms with Crippen LogP contribution in [0, 0.1) is 0 Å². The molecule has 1 spiro atoms. The highest BCUT2D eigenvalue weighted by molar-refractivity contribution is 7.99. The van der Waals surface area contributed by atoms with Crippen LogP contribution in [0.15, 0.2) is 180 Å². The molecule has 0 radical (unpaired) electrons. The van der Waals surface area contributed by atoms with E-state index in [-0.39, 0.29) is 5.41 Å². The summed E-state index contributed by atoms with van der Waals surface area (Å²) in [6.07, 6.45) is 0. The van der Waals surface area contributed by atoms with E-state index < -0.39 is 0 Å². The van der Waals surface area contributed by atoms with Gasteiger partial charge >= 0.3 is 0 Å². The van der Waals surface area contributed by atoms with Gasteiger partial charge < -0.3 is 0 Å². The number of hydrogen-bond acceptors (Lipinski definition) is 3. The van der Waals surface area contributed by atoms with Gasteiger partial charge in [-0.25, -0.2) is 9.97 Å². The van der Waals surface area contributed by atoms with Crippen LogP contribution >= 0.6 is 11.8 Å². The van der Waals surface area contributed by atoms with Gasteiger partial charge in [-0.1, -0.05) is 157 Å². The van der Waals surface area contributed by atoms with Crippen molar-refractivity contribution in [2.75, 3.05) is 0 Å². The number of fused-ring (bicyclic) bond motifs is 10. The molecule has 1 aromatic heterocycles. The number of nitrogens with zero attached hydrogens (tertiary/aromatic N) is 2. The molecule has 1 aliphatic carbocycles. The molecule has 1 aliphatic heterocycles. The first-order valence-corrected chi connectivity index (χ1v) is 17.1. The second-order valence-electron chi connectivity index (χ2n) is 12.5. The molecular formula is C45H28N2S. The second-order valence-corrected chi connectivity index (χ2v) is 13.6. The monoisotopic (exact) mass is 628 g/mol. The Labute approximate surface area is 283 Å². The molecule has 10 rings (SSSR count). The minimum atomic E-state index is -0.382. The molecule has 2 heterocycles. The molecule has 0 fully saturated rings. The van der Waals surface area contributed by atoms with E-state index in [0.717, 1.165) is 33.5 Å². The van der Waals surface area contributed by atoms with E-state index in [9.17, 15) is 0 Å². The van der Waals surface area contributed by atoms with Crippen LogP contribution in [0.3, 0.4) is 0 Å². The maximum absolute atomic E-state index is 5.10. The quantitative estimate of drug-likeness (QED) is 0.195. The fraction of sp³-hybridized carbons (Fsp3) is 0.0222. The Morgan fingerprint density at radius 2 is 0.979 bits per heavy atom. The van der Waals surface area contributed by atoms with Crippen LogP contribution in [0.1, 0.15) is 22.3 Å². The molecule has 0 saturated heterocycles. The minimum Gasteiger partial charge on any atom is -0.228 e. The van der Waals surface area contributed by atoms with Gasteiger partial charge in [0.15, 0.2) is 5.82 Å². The third kappa shape index (κ3) is 3.95. The summed E-state index contributed by atoms with van der Waals surface area (Å²) in [6, 6.07) is 61.3. The van der Waals surface area contributed by atoms with Crippen molar-refractivity contribution in [1.82, 2.24) is 9.97 Å². The van der Waals surface area contributed by atoms with E-state index in [1.54, 1.807) is 0 Å². The Bertz CT molecular complexity index is 2490. The lowest BCUT2D eigenvalue weighted by atomic mass is 9.67. The molecule has 48 heavy (non-hydrogen) atoms. The second kappa shape index (κ2) is 10.6. The van der Waals surface area contributed by atoms with Gasteiger partial charge in [0.2, 0.25) is 0 Å². The summed E-state index contributed by atoms with van der Waals surface area (Å²) in [6.45, 7) is 0. The van der Waals surface area contributed by atoms with Crippen molar-refractivity contribution in [1.29, 1.82) is 0 Å². The molecule has 0 bridgehead atoms. The third-order valence-electron chi connectivity index (χ3n) is 9.97. The highest BCUT2D eigenvalue weighted by atomic mass is 32.2. The normalized spacial score (nSPS) is 13.5. The van der Waals surface area contributed by atoms with Crippen molar-refractivity contribution in [2.45, 2.75) is 15.2 Å². The average Bonchev–Trinajstić information content (AvgIpc) is 3.45. The van der Waals surface area contributed by atoms with E-state index in [0.29, 0.717) is 0 Å². The van der Waals surface area contributed by atoms with Crippen molar-refractivity contribution in [3.63, 3.8) is 0 Å². The Balaban J connectivity index is 1.12. The standard InChI is InChI=1S/C45H28N2S/c1-2-12-30(13-3-1)43-35-15-5-9-19-40(35)46-44(47-43)31-24-22-29(23-25-31)32-26-27-34-33-14-4-6-16-36(33)45(39(34)28-32)37-17-7-10-20-41(37)48-42-21-11-8-18-38(42)45/h1-28H. The first-order valence-electron chi connectivity index (χ1n) is 16.3. The summed E-state index contributed by atoms with van der Waals surface area (Å²) in [7, 11) is 0. The van der Waals surface area contributed by atoms with E-state index in [1.165, 1.54) is 54.3 Å². The topological polar surface area (TPSA) is 25.8 Å². The molecule has 224 valence electrons. The van der Waals surface area contributed by atoms with E-state index in [4.69, 9.17) is 9.97 Å². The molecule has 0 atom stereocenters. The van der Waals surface area contributed by atoms with Crippen LogP contribution in [0.5, 0.6) is 0 Å². The van der Waals surface area contributed by atoms with Crippen LogP contribution in [0.2, 0.25) is 0 Å². The van der Waals surface area contributed by atoms with Gasteiger partial charge in [0.05, 0.1) is 16.6 Å². The van der Waals surface area contributed by atoms with Gasteiger partial charge in [0.1, 0.15) is 0 Å². The summed E-state index contributed by atoms with van der Waals surface area (Å²) in [5.74, 6) is 0.732. The van der Waals surface area contributed by atoms with Crippen molar-refractivity contribution in [3.05, 3.63) is 192 Å². The molecule has 0 unspecified atom stereocenters. The molecule has 8 aromatic rings. The van der Waals surface area contributed by atoms with Crippen molar-refractivity contribution in [2.24, 2.45) is 0 Å². The summed E-state index contributed by atoms with van der Waals surface area (Å²) < 4.78 is 0. The Morgan fingerprint density at radius 1 is 0.396 bits per heavy atom. The van der Waals surface area contributed by atoms with Gasteiger partial charge in [-0.15, -0.1) is 0 Å². The maximum atomic E-state index is 5.10. The zero-order chi connectivity index (χ0) is 31.7. The Kier molecular flexibility index (Phi) is 6.06. The molecule has 2 aliphatic rings. The first-order chi connectivity index (χ1) is 23.8. The largest absolute Gasteiger partial charge is 0.228 e. The Morgan fingerprint density at radius 3 is 1.75 bits per heavy atom. The minimum absolute atomic E-state index is 0.382. The molecular weight excluding hydrogens is 601 g/mol. The van der Waals surface area contributed by atoms with Gasteiger partial charge in [0, 0.05) is 26.3 Å². The average molecular weight is 629 g/mol. The highest BCUT2D eigenvalue weighted by Gasteiger charge is 2.50. The molecule has 0 amide bonds. The summed E-state index contributed by atoms with van der Waals surface area (Å²) in [4.78, 5) is 12.7. The molecule has 0 saturated carbocycles. The molecule has 0 N–H and O–H groups in total. The van der Waals surface area contributed by atoms with Crippen molar-refractivity contribution >= 4 is 22.7 Å². The zero-order valence-electron chi connectivity index (χ0n) is 26.0. The summed E-state index contributed by atoms with van der Waals surface area (Å²) in [5.41, 5.74) is 14.0. The summed E-state index contributed by atoms with van der Waals surface area (Å²) >= 11 is 1.88. The van der Waals surface area contributed by atoms with E-state index >= 15 is 0 Å². The van der Waals surface area contributed by atoms with E-state index in [1.807, 2.05) is 23.9 Å². The van der Waals surface area contributed by atoms with Gasteiger partial charge in [-0.2, -0.15) is 0 Å². The SMILES string of the molecule is c1ccc(-c2nc(-c3ccc(-c4ccc5c(c4)C4(c6ccccc6Sc6ccccc64)c4ccccc4-5)cc3)nc3ccccc23)cc1. The fourth-order valence-corrected chi connectivity index (χ4v) is 9.06. The van der Waals surface area contributed by atoms with Gasteiger partial charge in [-0.3, -0.25) is 0 Å². The van der Waals surface area contributed by atoms with Crippen molar-refractivity contribution < 1.29 is 0 Å². The van der Waals surface area contributed by atoms with Crippen LogP contribution < -0.4 is 0 Å². The van der Waals surface area contributed by atoms with Crippen LogP contribution in [0.4, 0.5) is 0 Å². The summed E-state index contributed by atoms with van der Waals surface area (Å²) in [5, 5.41) is 1.06. The van der Waals surface area contributed by atoms with Crippen LogP contribution in [-0.4, -0.2) is 9.97 Å². The smallest absolute Gasteiger partial charge is 0.160 e. The molecule has 3 heteroatoms. The molecule has 7 aromatic carbocycles. The first kappa shape index (κ1) is 27.4. The zero-order valence-corrected chi connectivity index (χ0v) is 26.8. The number of rotatable bonds is 3. The number of hydrogen-bond donors (Lipinski definition) is 0. The number of benzene rings is 7. The van der Waals surface area contributed by atoms with Gasteiger partial charge in [-0.05, 0) is 68.8 Å².